The molecular weight excluding hydrogens is 296 g/mol. The highest BCUT2D eigenvalue weighted by Gasteiger charge is 2.23. The summed E-state index contributed by atoms with van der Waals surface area (Å²) in [7, 11) is 1.50. The molecule has 6 nitrogen and oxygen atoms in total. The first-order valence-corrected chi connectivity index (χ1v) is 6.66. The van der Waals surface area contributed by atoms with E-state index in [1.807, 2.05) is 13.8 Å². The van der Waals surface area contributed by atoms with E-state index < -0.39 is 11.9 Å². The van der Waals surface area contributed by atoms with Crippen LogP contribution < -0.4 is 20.1 Å². The first-order valence-electron chi connectivity index (χ1n) is 6.29. The zero-order valence-electron chi connectivity index (χ0n) is 11.8. The van der Waals surface area contributed by atoms with Crippen LogP contribution in [0.4, 0.5) is 4.79 Å². The minimum Gasteiger partial charge on any atom is -0.493 e. The number of methoxy groups -OCH3 is 1. The summed E-state index contributed by atoms with van der Waals surface area (Å²) in [4.78, 5) is 22.6. The van der Waals surface area contributed by atoms with Crippen molar-refractivity contribution in [1.82, 2.24) is 10.6 Å². The molecule has 3 amide bonds. The van der Waals surface area contributed by atoms with Crippen molar-refractivity contribution in [2.24, 2.45) is 0 Å². The Balaban J connectivity index is 2.38. The lowest BCUT2D eigenvalue weighted by atomic mass is 10.1. The van der Waals surface area contributed by atoms with Crippen LogP contribution in [-0.4, -0.2) is 25.2 Å². The standard InChI is InChI=1S/C14H15ClN2O4/c1-7(2)21-12-9(15)4-8(6-11(12)20-3)5-10-13(18)17-14(19)16-10/h4-7H,1-3H3,(H2,16,17,18,19)/b10-5+. The molecule has 1 fully saturated rings. The molecule has 0 atom stereocenters. The smallest absolute Gasteiger partial charge is 0.326 e. The number of amides is 3. The Hall–Kier alpha value is -2.21. The summed E-state index contributed by atoms with van der Waals surface area (Å²) in [5.74, 6) is 0.404. The number of carbonyl (C=O) groups excluding carboxylic acids is 2. The lowest BCUT2D eigenvalue weighted by Gasteiger charge is -2.15. The van der Waals surface area contributed by atoms with Crippen LogP contribution in [-0.2, 0) is 4.79 Å². The molecule has 1 heterocycles. The van der Waals surface area contributed by atoms with Crippen molar-refractivity contribution in [3.05, 3.63) is 28.4 Å². The van der Waals surface area contributed by atoms with Gasteiger partial charge in [0.15, 0.2) is 11.5 Å². The van der Waals surface area contributed by atoms with E-state index >= 15 is 0 Å². The van der Waals surface area contributed by atoms with E-state index in [-0.39, 0.29) is 11.8 Å². The molecule has 2 rings (SSSR count). The third-order valence-electron chi connectivity index (χ3n) is 2.64. The van der Waals surface area contributed by atoms with Crippen molar-refractivity contribution >= 4 is 29.6 Å². The molecule has 0 bridgehead atoms. The molecule has 1 aromatic carbocycles. The van der Waals surface area contributed by atoms with Crippen LogP contribution in [0.2, 0.25) is 5.02 Å². The van der Waals surface area contributed by atoms with Crippen LogP contribution in [0.25, 0.3) is 6.08 Å². The van der Waals surface area contributed by atoms with Crippen molar-refractivity contribution in [3.8, 4) is 11.5 Å². The average Bonchev–Trinajstić information content (AvgIpc) is 2.70. The van der Waals surface area contributed by atoms with Gasteiger partial charge in [-0.1, -0.05) is 11.6 Å². The second-order valence-corrected chi connectivity index (χ2v) is 5.07. The number of benzene rings is 1. The molecule has 0 aromatic heterocycles. The maximum absolute atomic E-state index is 11.5. The highest BCUT2D eigenvalue weighted by atomic mass is 35.5. The number of carbonyl (C=O) groups is 2. The quantitative estimate of drug-likeness (QED) is 0.661. The number of urea groups is 1. The first kappa shape index (κ1) is 15.2. The van der Waals surface area contributed by atoms with Crippen LogP contribution >= 0.6 is 11.6 Å². The van der Waals surface area contributed by atoms with E-state index in [2.05, 4.69) is 10.6 Å². The number of halogens is 1. The van der Waals surface area contributed by atoms with E-state index in [0.29, 0.717) is 22.1 Å². The zero-order valence-corrected chi connectivity index (χ0v) is 12.6. The fraction of sp³-hybridized carbons (Fsp3) is 0.286. The van der Waals surface area contributed by atoms with Crippen molar-refractivity contribution in [1.29, 1.82) is 0 Å². The molecule has 0 radical (unpaired) electrons. The van der Waals surface area contributed by atoms with E-state index in [1.165, 1.54) is 13.2 Å². The van der Waals surface area contributed by atoms with Crippen LogP contribution in [0.5, 0.6) is 11.5 Å². The molecule has 7 heteroatoms. The van der Waals surface area contributed by atoms with Gasteiger partial charge in [-0.05, 0) is 37.6 Å². The fourth-order valence-electron chi connectivity index (χ4n) is 1.82. The van der Waals surface area contributed by atoms with Crippen molar-refractivity contribution in [3.63, 3.8) is 0 Å². The monoisotopic (exact) mass is 310 g/mol. The molecule has 1 saturated heterocycles. The maximum Gasteiger partial charge on any atom is 0.326 e. The van der Waals surface area contributed by atoms with Crippen LogP contribution in [0, 0.1) is 0 Å². The number of hydrogen-bond acceptors (Lipinski definition) is 4. The van der Waals surface area contributed by atoms with E-state index in [0.717, 1.165) is 0 Å². The van der Waals surface area contributed by atoms with Gasteiger partial charge in [-0.2, -0.15) is 0 Å². The van der Waals surface area contributed by atoms with Gasteiger partial charge in [-0.25, -0.2) is 4.79 Å². The second kappa shape index (κ2) is 6.05. The molecule has 112 valence electrons. The Morgan fingerprint density at radius 2 is 1.95 bits per heavy atom. The largest absolute Gasteiger partial charge is 0.493 e. The lowest BCUT2D eigenvalue weighted by molar-refractivity contribution is -0.115. The third-order valence-corrected chi connectivity index (χ3v) is 2.92. The van der Waals surface area contributed by atoms with Crippen LogP contribution in [0.1, 0.15) is 19.4 Å². The lowest BCUT2D eigenvalue weighted by Crippen LogP contribution is -2.22. The minimum atomic E-state index is -0.552. The minimum absolute atomic E-state index is 0.0551. The highest BCUT2D eigenvalue weighted by molar-refractivity contribution is 6.32. The van der Waals surface area contributed by atoms with Crippen molar-refractivity contribution in [2.45, 2.75) is 20.0 Å². The van der Waals surface area contributed by atoms with Gasteiger partial charge in [0.2, 0.25) is 0 Å². The maximum atomic E-state index is 11.5. The van der Waals surface area contributed by atoms with Gasteiger partial charge < -0.3 is 14.8 Å². The van der Waals surface area contributed by atoms with E-state index in [9.17, 15) is 9.59 Å². The van der Waals surface area contributed by atoms with Crippen molar-refractivity contribution < 1.29 is 19.1 Å². The highest BCUT2D eigenvalue weighted by Crippen LogP contribution is 2.37. The molecular formula is C14H15ClN2O4. The van der Waals surface area contributed by atoms with Gasteiger partial charge in [-0.3, -0.25) is 10.1 Å². The molecule has 21 heavy (non-hydrogen) atoms. The summed E-state index contributed by atoms with van der Waals surface area (Å²) >= 11 is 6.19. The molecule has 0 spiro atoms. The Morgan fingerprint density at radius 3 is 2.48 bits per heavy atom. The number of hydrogen-bond donors (Lipinski definition) is 2. The number of imide groups is 1. The summed E-state index contributed by atoms with van der Waals surface area (Å²) in [6, 6.07) is 2.75. The molecule has 2 N–H and O–H groups in total. The van der Waals surface area contributed by atoms with Gasteiger partial charge in [0.1, 0.15) is 5.70 Å². The zero-order chi connectivity index (χ0) is 15.6. The van der Waals surface area contributed by atoms with E-state index in [1.54, 1.807) is 12.1 Å². The average molecular weight is 311 g/mol. The Kier molecular flexibility index (Phi) is 4.37. The molecule has 0 unspecified atom stereocenters. The summed E-state index contributed by atoms with van der Waals surface area (Å²) in [5, 5.41) is 4.88. The topological polar surface area (TPSA) is 76.7 Å². The predicted molar refractivity (Wildman–Crippen MR) is 78.4 cm³/mol. The Labute approximate surface area is 127 Å². The van der Waals surface area contributed by atoms with Gasteiger partial charge in [-0.15, -0.1) is 0 Å². The van der Waals surface area contributed by atoms with Crippen molar-refractivity contribution in [2.75, 3.05) is 7.11 Å². The third kappa shape index (κ3) is 3.46. The van der Waals surface area contributed by atoms with Gasteiger partial charge in [0.05, 0.1) is 18.2 Å². The summed E-state index contributed by atoms with van der Waals surface area (Å²) in [6.45, 7) is 3.76. The molecule has 0 aliphatic carbocycles. The normalized spacial score (nSPS) is 16.1. The molecule has 1 aromatic rings. The van der Waals surface area contributed by atoms with Crippen LogP contribution in [0.15, 0.2) is 17.8 Å². The summed E-state index contributed by atoms with van der Waals surface area (Å²) in [5.41, 5.74) is 0.760. The first-order chi connectivity index (χ1) is 9.90. The summed E-state index contributed by atoms with van der Waals surface area (Å²) in [6.07, 6.45) is 1.45. The molecule has 1 aliphatic heterocycles. The van der Waals surface area contributed by atoms with E-state index in [4.69, 9.17) is 21.1 Å². The fourth-order valence-corrected chi connectivity index (χ4v) is 2.09. The number of ether oxygens (including phenoxy) is 2. The van der Waals surface area contributed by atoms with Gasteiger partial charge in [0, 0.05) is 0 Å². The summed E-state index contributed by atoms with van der Waals surface area (Å²) < 4.78 is 10.9. The Bertz CT molecular complexity index is 626. The number of nitrogens with one attached hydrogen (secondary N) is 2. The van der Waals surface area contributed by atoms with Crippen LogP contribution in [0.3, 0.4) is 0 Å². The SMILES string of the molecule is COc1cc(/C=C2/NC(=O)NC2=O)cc(Cl)c1OC(C)C. The Morgan fingerprint density at radius 1 is 1.24 bits per heavy atom. The predicted octanol–water partition coefficient (Wildman–Crippen LogP) is 2.32. The second-order valence-electron chi connectivity index (χ2n) is 4.67. The van der Waals surface area contributed by atoms with Gasteiger partial charge >= 0.3 is 6.03 Å². The van der Waals surface area contributed by atoms with Gasteiger partial charge in [0.25, 0.3) is 5.91 Å². The molecule has 1 aliphatic rings. The number of rotatable bonds is 4. The molecule has 0 saturated carbocycles.